The van der Waals surface area contributed by atoms with Crippen molar-refractivity contribution in [1.29, 1.82) is 0 Å². The SMILES string of the molecule is CC(C)OCc1ccc(F)cc1C#CCO. The molecule has 0 heterocycles. The zero-order valence-corrected chi connectivity index (χ0v) is 9.46. The summed E-state index contributed by atoms with van der Waals surface area (Å²) in [6, 6.07) is 4.38. The molecule has 16 heavy (non-hydrogen) atoms. The molecule has 0 radical (unpaired) electrons. The first-order chi connectivity index (χ1) is 7.63. The number of hydrogen-bond acceptors (Lipinski definition) is 2. The molecule has 1 N–H and O–H groups in total. The Kier molecular flexibility index (Phi) is 4.97. The van der Waals surface area contributed by atoms with Crippen molar-refractivity contribution in [2.45, 2.75) is 26.6 Å². The second-order valence-electron chi connectivity index (χ2n) is 3.62. The Labute approximate surface area is 95.1 Å². The summed E-state index contributed by atoms with van der Waals surface area (Å²) in [5.74, 6) is 4.87. The van der Waals surface area contributed by atoms with Crippen LogP contribution < -0.4 is 0 Å². The summed E-state index contributed by atoms with van der Waals surface area (Å²) in [6.45, 7) is 4.03. The van der Waals surface area contributed by atoms with E-state index in [0.29, 0.717) is 12.2 Å². The van der Waals surface area contributed by atoms with Crippen LogP contribution in [-0.2, 0) is 11.3 Å². The minimum atomic E-state index is -0.337. The van der Waals surface area contributed by atoms with E-state index in [-0.39, 0.29) is 18.5 Å². The fraction of sp³-hybridized carbons (Fsp3) is 0.385. The molecule has 1 rings (SSSR count). The Bertz CT molecular complexity index is 402. The third-order valence-corrected chi connectivity index (χ3v) is 1.95. The molecule has 86 valence electrons. The van der Waals surface area contributed by atoms with Crippen molar-refractivity contribution in [2.75, 3.05) is 6.61 Å². The van der Waals surface area contributed by atoms with Crippen LogP contribution >= 0.6 is 0 Å². The smallest absolute Gasteiger partial charge is 0.124 e. The van der Waals surface area contributed by atoms with Crippen molar-refractivity contribution in [3.63, 3.8) is 0 Å². The van der Waals surface area contributed by atoms with Crippen LogP contribution in [0.5, 0.6) is 0 Å². The molecule has 0 spiro atoms. The number of halogens is 1. The second kappa shape index (κ2) is 6.26. The summed E-state index contributed by atoms with van der Waals surface area (Å²) in [4.78, 5) is 0. The molecule has 2 nitrogen and oxygen atoms in total. The molecule has 1 aromatic rings. The van der Waals surface area contributed by atoms with Gasteiger partial charge in [-0.15, -0.1) is 0 Å². The predicted octanol–water partition coefficient (Wildman–Crippen LogP) is 2.09. The summed E-state index contributed by atoms with van der Waals surface area (Å²) in [7, 11) is 0. The second-order valence-corrected chi connectivity index (χ2v) is 3.62. The average Bonchev–Trinajstić information content (AvgIpc) is 2.24. The van der Waals surface area contributed by atoms with E-state index in [1.807, 2.05) is 13.8 Å². The highest BCUT2D eigenvalue weighted by Gasteiger charge is 2.03. The summed E-state index contributed by atoms with van der Waals surface area (Å²) >= 11 is 0. The maximum atomic E-state index is 13.0. The first kappa shape index (κ1) is 12.7. The van der Waals surface area contributed by atoms with E-state index in [4.69, 9.17) is 9.84 Å². The Morgan fingerprint density at radius 2 is 2.19 bits per heavy atom. The molecule has 0 amide bonds. The number of hydrogen-bond donors (Lipinski definition) is 1. The lowest BCUT2D eigenvalue weighted by molar-refractivity contribution is 0.0655. The van der Waals surface area contributed by atoms with Crippen LogP contribution in [0.25, 0.3) is 0 Å². The molecule has 0 saturated heterocycles. The van der Waals surface area contributed by atoms with Gasteiger partial charge >= 0.3 is 0 Å². The maximum Gasteiger partial charge on any atom is 0.124 e. The summed E-state index contributed by atoms with van der Waals surface area (Å²) in [5.41, 5.74) is 1.39. The van der Waals surface area contributed by atoms with Crippen molar-refractivity contribution in [3.05, 3.63) is 35.1 Å². The lowest BCUT2D eigenvalue weighted by atomic mass is 10.1. The molecule has 1 aromatic carbocycles. The van der Waals surface area contributed by atoms with E-state index < -0.39 is 0 Å². The topological polar surface area (TPSA) is 29.5 Å². The standard InChI is InChI=1S/C13H15FO2/c1-10(2)16-9-12-5-6-13(14)8-11(12)4-3-7-15/h5-6,8,10,15H,7,9H2,1-2H3. The zero-order valence-electron chi connectivity index (χ0n) is 9.46. The van der Waals surface area contributed by atoms with Gasteiger partial charge < -0.3 is 9.84 Å². The number of rotatable bonds is 3. The first-order valence-electron chi connectivity index (χ1n) is 5.13. The van der Waals surface area contributed by atoms with Gasteiger partial charge in [-0.05, 0) is 31.5 Å². The van der Waals surface area contributed by atoms with Gasteiger partial charge in [0.15, 0.2) is 0 Å². The quantitative estimate of drug-likeness (QED) is 0.793. The molecule has 0 unspecified atom stereocenters. The van der Waals surface area contributed by atoms with Crippen molar-refractivity contribution in [2.24, 2.45) is 0 Å². The van der Waals surface area contributed by atoms with Crippen molar-refractivity contribution in [3.8, 4) is 11.8 Å². The largest absolute Gasteiger partial charge is 0.384 e. The average molecular weight is 222 g/mol. The van der Waals surface area contributed by atoms with Gasteiger partial charge in [0.1, 0.15) is 12.4 Å². The lowest BCUT2D eigenvalue weighted by Crippen LogP contribution is -2.03. The fourth-order valence-electron chi connectivity index (χ4n) is 1.18. The molecule has 0 aliphatic heterocycles. The number of aliphatic hydroxyl groups excluding tert-OH is 1. The Morgan fingerprint density at radius 3 is 2.81 bits per heavy atom. The van der Waals surface area contributed by atoms with E-state index in [1.165, 1.54) is 12.1 Å². The molecule has 0 saturated carbocycles. The van der Waals surface area contributed by atoms with Gasteiger partial charge in [-0.1, -0.05) is 17.9 Å². The fourth-order valence-corrected chi connectivity index (χ4v) is 1.18. The zero-order chi connectivity index (χ0) is 12.0. The minimum absolute atomic E-state index is 0.115. The van der Waals surface area contributed by atoms with Crippen LogP contribution in [0.15, 0.2) is 18.2 Å². The van der Waals surface area contributed by atoms with Crippen molar-refractivity contribution < 1.29 is 14.2 Å². The highest BCUT2D eigenvalue weighted by Crippen LogP contribution is 2.12. The van der Waals surface area contributed by atoms with Crippen LogP contribution in [0.2, 0.25) is 0 Å². The van der Waals surface area contributed by atoms with Gasteiger partial charge in [-0.25, -0.2) is 4.39 Å². The lowest BCUT2D eigenvalue weighted by Gasteiger charge is -2.09. The highest BCUT2D eigenvalue weighted by molar-refractivity contribution is 5.41. The van der Waals surface area contributed by atoms with E-state index >= 15 is 0 Å². The molecular weight excluding hydrogens is 207 g/mol. The third-order valence-electron chi connectivity index (χ3n) is 1.95. The Morgan fingerprint density at radius 1 is 1.44 bits per heavy atom. The summed E-state index contributed by atoms with van der Waals surface area (Å²) in [5, 5.41) is 8.61. The van der Waals surface area contributed by atoms with Crippen LogP contribution in [0.3, 0.4) is 0 Å². The van der Waals surface area contributed by atoms with Gasteiger partial charge in [0.05, 0.1) is 12.7 Å². The van der Waals surface area contributed by atoms with Crippen LogP contribution in [0.4, 0.5) is 4.39 Å². The van der Waals surface area contributed by atoms with Gasteiger partial charge in [0.25, 0.3) is 0 Å². The van der Waals surface area contributed by atoms with Crippen LogP contribution in [-0.4, -0.2) is 17.8 Å². The molecule has 0 bridgehead atoms. The van der Waals surface area contributed by atoms with Gasteiger partial charge in [0.2, 0.25) is 0 Å². The Balaban J connectivity index is 2.89. The molecular formula is C13H15FO2. The molecule has 3 heteroatoms. The van der Waals surface area contributed by atoms with Gasteiger partial charge in [0, 0.05) is 5.56 Å². The van der Waals surface area contributed by atoms with Crippen molar-refractivity contribution in [1.82, 2.24) is 0 Å². The van der Waals surface area contributed by atoms with E-state index in [9.17, 15) is 4.39 Å². The normalized spacial score (nSPS) is 10.1. The molecule has 0 aliphatic rings. The summed E-state index contributed by atoms with van der Waals surface area (Å²) < 4.78 is 18.4. The highest BCUT2D eigenvalue weighted by atomic mass is 19.1. The van der Waals surface area contributed by atoms with Crippen LogP contribution in [0.1, 0.15) is 25.0 Å². The molecule has 0 fully saturated rings. The van der Waals surface area contributed by atoms with Crippen molar-refractivity contribution >= 4 is 0 Å². The number of ether oxygens (including phenoxy) is 1. The monoisotopic (exact) mass is 222 g/mol. The van der Waals surface area contributed by atoms with Gasteiger partial charge in [-0.2, -0.15) is 0 Å². The maximum absolute atomic E-state index is 13.0. The molecule has 0 aliphatic carbocycles. The number of aliphatic hydroxyl groups is 1. The molecule has 0 aromatic heterocycles. The van der Waals surface area contributed by atoms with Gasteiger partial charge in [-0.3, -0.25) is 0 Å². The van der Waals surface area contributed by atoms with E-state index in [2.05, 4.69) is 11.8 Å². The third kappa shape index (κ3) is 4.01. The first-order valence-corrected chi connectivity index (χ1v) is 5.13. The summed E-state index contributed by atoms with van der Waals surface area (Å²) in [6.07, 6.45) is 0.115. The van der Waals surface area contributed by atoms with Crippen LogP contribution in [0, 0.1) is 17.7 Å². The Hall–Kier alpha value is -1.37. The minimum Gasteiger partial charge on any atom is -0.384 e. The predicted molar refractivity (Wildman–Crippen MR) is 60.3 cm³/mol. The molecule has 0 atom stereocenters. The number of benzene rings is 1. The van der Waals surface area contributed by atoms with E-state index in [0.717, 1.165) is 5.56 Å². The van der Waals surface area contributed by atoms with E-state index in [1.54, 1.807) is 6.07 Å².